The number of hydrogen-bond donors (Lipinski definition) is 3. The Hall–Kier alpha value is -0.200. The SMILES string of the molecule is CO[C@@H]1O[C@H](C)[C@H](O)[C@](C)(O)[C@H]1O. The van der Waals surface area contributed by atoms with Gasteiger partial charge in [-0.15, -0.1) is 0 Å². The Morgan fingerprint density at radius 2 is 1.85 bits per heavy atom. The second-order valence-corrected chi connectivity index (χ2v) is 3.56. The quantitative estimate of drug-likeness (QED) is 0.489. The molecule has 1 heterocycles. The minimum atomic E-state index is -1.60. The molecule has 5 nitrogen and oxygen atoms in total. The largest absolute Gasteiger partial charge is 0.387 e. The van der Waals surface area contributed by atoms with Gasteiger partial charge in [0.15, 0.2) is 6.29 Å². The summed E-state index contributed by atoms with van der Waals surface area (Å²) < 4.78 is 9.93. The fourth-order valence-corrected chi connectivity index (χ4v) is 1.47. The van der Waals surface area contributed by atoms with Crippen molar-refractivity contribution in [3.63, 3.8) is 0 Å². The van der Waals surface area contributed by atoms with E-state index < -0.39 is 30.2 Å². The summed E-state index contributed by atoms with van der Waals surface area (Å²) in [5.41, 5.74) is -1.60. The van der Waals surface area contributed by atoms with Crippen molar-refractivity contribution in [3.05, 3.63) is 0 Å². The second-order valence-electron chi connectivity index (χ2n) is 3.56. The van der Waals surface area contributed by atoms with Crippen molar-refractivity contribution in [2.75, 3.05) is 7.11 Å². The van der Waals surface area contributed by atoms with E-state index in [1.807, 2.05) is 0 Å². The van der Waals surface area contributed by atoms with Gasteiger partial charge >= 0.3 is 0 Å². The summed E-state index contributed by atoms with van der Waals surface area (Å²) in [6, 6.07) is 0. The maximum Gasteiger partial charge on any atom is 0.186 e. The highest BCUT2D eigenvalue weighted by molar-refractivity contribution is 4.97. The van der Waals surface area contributed by atoms with E-state index in [0.717, 1.165) is 0 Å². The molecule has 5 atom stereocenters. The number of methoxy groups -OCH3 is 1. The highest BCUT2D eigenvalue weighted by atomic mass is 16.7. The van der Waals surface area contributed by atoms with Gasteiger partial charge in [-0.3, -0.25) is 0 Å². The summed E-state index contributed by atoms with van der Waals surface area (Å²) >= 11 is 0. The molecule has 3 N–H and O–H groups in total. The van der Waals surface area contributed by atoms with E-state index in [1.54, 1.807) is 6.92 Å². The lowest BCUT2D eigenvalue weighted by atomic mass is 9.86. The number of aliphatic hydroxyl groups excluding tert-OH is 2. The van der Waals surface area contributed by atoms with Gasteiger partial charge in [0.2, 0.25) is 0 Å². The summed E-state index contributed by atoms with van der Waals surface area (Å²) in [6.45, 7) is 2.96. The third kappa shape index (κ3) is 1.70. The van der Waals surface area contributed by atoms with Crippen LogP contribution in [0.25, 0.3) is 0 Å². The van der Waals surface area contributed by atoms with Crippen LogP contribution in [0.5, 0.6) is 0 Å². The number of aliphatic hydroxyl groups is 3. The standard InChI is InChI=1S/C8H16O5/c1-4-5(9)8(2,11)6(10)7(12-3)13-4/h4-7,9-11H,1-3H3/t4-,5+,6+,7-,8+/m1/s1. The van der Waals surface area contributed by atoms with Crippen molar-refractivity contribution in [2.45, 2.75) is 44.1 Å². The molecule has 13 heavy (non-hydrogen) atoms. The van der Waals surface area contributed by atoms with Gasteiger partial charge in [0.05, 0.1) is 6.10 Å². The fraction of sp³-hybridized carbons (Fsp3) is 1.00. The Kier molecular flexibility index (Phi) is 2.94. The predicted molar refractivity (Wildman–Crippen MR) is 44.0 cm³/mol. The molecule has 0 spiro atoms. The van der Waals surface area contributed by atoms with Crippen LogP contribution in [0.1, 0.15) is 13.8 Å². The van der Waals surface area contributed by atoms with Crippen molar-refractivity contribution in [3.8, 4) is 0 Å². The van der Waals surface area contributed by atoms with E-state index in [4.69, 9.17) is 9.47 Å². The molecule has 0 aromatic carbocycles. The first-order chi connectivity index (χ1) is 5.91. The molecule has 0 amide bonds. The van der Waals surface area contributed by atoms with Crippen LogP contribution < -0.4 is 0 Å². The minimum Gasteiger partial charge on any atom is -0.387 e. The number of rotatable bonds is 1. The topological polar surface area (TPSA) is 79.2 Å². The average Bonchev–Trinajstić information content (AvgIpc) is 2.09. The molecular weight excluding hydrogens is 176 g/mol. The van der Waals surface area contributed by atoms with Crippen LogP contribution in [0.4, 0.5) is 0 Å². The highest BCUT2D eigenvalue weighted by Gasteiger charge is 2.50. The Bertz CT molecular complexity index is 181. The molecule has 5 heteroatoms. The third-order valence-electron chi connectivity index (χ3n) is 2.48. The van der Waals surface area contributed by atoms with E-state index in [-0.39, 0.29) is 0 Å². The first kappa shape index (κ1) is 10.9. The molecule has 1 fully saturated rings. The summed E-state index contributed by atoms with van der Waals surface area (Å²) in [5.74, 6) is 0. The molecule has 0 aromatic rings. The van der Waals surface area contributed by atoms with Crippen LogP contribution in [0.3, 0.4) is 0 Å². The Morgan fingerprint density at radius 3 is 2.31 bits per heavy atom. The zero-order valence-electron chi connectivity index (χ0n) is 7.97. The van der Waals surface area contributed by atoms with Crippen LogP contribution in [0.2, 0.25) is 0 Å². The zero-order valence-corrected chi connectivity index (χ0v) is 7.97. The van der Waals surface area contributed by atoms with Crippen molar-refractivity contribution < 1.29 is 24.8 Å². The van der Waals surface area contributed by atoms with Gasteiger partial charge in [-0.05, 0) is 13.8 Å². The van der Waals surface area contributed by atoms with E-state index in [9.17, 15) is 15.3 Å². The Morgan fingerprint density at radius 1 is 1.31 bits per heavy atom. The maximum atomic E-state index is 9.72. The van der Waals surface area contributed by atoms with Crippen molar-refractivity contribution >= 4 is 0 Å². The molecule has 0 aromatic heterocycles. The first-order valence-electron chi connectivity index (χ1n) is 4.18. The van der Waals surface area contributed by atoms with Crippen molar-refractivity contribution in [1.29, 1.82) is 0 Å². The van der Waals surface area contributed by atoms with Gasteiger partial charge in [0.1, 0.15) is 17.8 Å². The molecule has 1 rings (SSSR count). The van der Waals surface area contributed by atoms with Gasteiger partial charge in [0.25, 0.3) is 0 Å². The summed E-state index contributed by atoms with van der Waals surface area (Å²) in [6.07, 6.45) is -3.82. The molecule has 0 saturated carbocycles. The lowest BCUT2D eigenvalue weighted by Gasteiger charge is -2.45. The van der Waals surface area contributed by atoms with Gasteiger partial charge in [0, 0.05) is 7.11 Å². The molecular formula is C8H16O5. The van der Waals surface area contributed by atoms with E-state index >= 15 is 0 Å². The van der Waals surface area contributed by atoms with Crippen molar-refractivity contribution in [2.24, 2.45) is 0 Å². The fourth-order valence-electron chi connectivity index (χ4n) is 1.47. The number of hydrogen-bond acceptors (Lipinski definition) is 5. The summed E-state index contributed by atoms with van der Waals surface area (Å²) in [5, 5.41) is 28.7. The van der Waals surface area contributed by atoms with Gasteiger partial charge in [-0.1, -0.05) is 0 Å². The lowest BCUT2D eigenvalue weighted by Crippen LogP contribution is -2.64. The van der Waals surface area contributed by atoms with Crippen LogP contribution in [0, 0.1) is 0 Å². The van der Waals surface area contributed by atoms with E-state index in [1.165, 1.54) is 14.0 Å². The lowest BCUT2D eigenvalue weighted by molar-refractivity contribution is -0.315. The average molecular weight is 192 g/mol. The highest BCUT2D eigenvalue weighted by Crippen LogP contribution is 2.29. The van der Waals surface area contributed by atoms with Crippen LogP contribution in [-0.2, 0) is 9.47 Å². The monoisotopic (exact) mass is 192 g/mol. The van der Waals surface area contributed by atoms with Crippen LogP contribution in [-0.4, -0.2) is 52.6 Å². The summed E-state index contributed by atoms with van der Waals surface area (Å²) in [4.78, 5) is 0. The second kappa shape index (κ2) is 3.51. The van der Waals surface area contributed by atoms with Gasteiger partial charge in [-0.25, -0.2) is 0 Å². The van der Waals surface area contributed by atoms with E-state index in [2.05, 4.69) is 0 Å². The molecule has 1 aliphatic heterocycles. The van der Waals surface area contributed by atoms with Gasteiger partial charge in [-0.2, -0.15) is 0 Å². The third-order valence-corrected chi connectivity index (χ3v) is 2.48. The molecule has 0 unspecified atom stereocenters. The van der Waals surface area contributed by atoms with Gasteiger partial charge < -0.3 is 24.8 Å². The van der Waals surface area contributed by atoms with Crippen LogP contribution >= 0.6 is 0 Å². The molecule has 1 saturated heterocycles. The number of ether oxygens (including phenoxy) is 2. The molecule has 78 valence electrons. The molecule has 0 aliphatic carbocycles. The van der Waals surface area contributed by atoms with Crippen LogP contribution in [0.15, 0.2) is 0 Å². The maximum absolute atomic E-state index is 9.72. The first-order valence-corrected chi connectivity index (χ1v) is 4.18. The smallest absolute Gasteiger partial charge is 0.186 e. The van der Waals surface area contributed by atoms with Crippen molar-refractivity contribution in [1.82, 2.24) is 0 Å². The zero-order chi connectivity index (χ0) is 10.2. The van der Waals surface area contributed by atoms with E-state index in [0.29, 0.717) is 0 Å². The Labute approximate surface area is 76.9 Å². The normalized spacial score (nSPS) is 52.2. The molecule has 0 bridgehead atoms. The molecule has 0 radical (unpaired) electrons. The minimum absolute atomic E-state index is 0.566. The predicted octanol–water partition coefficient (Wildman–Crippen LogP) is -1.15. The molecule has 1 aliphatic rings. The Balaban J connectivity index is 2.82. The summed E-state index contributed by atoms with van der Waals surface area (Å²) in [7, 11) is 1.37.